The number of aliphatic hydroxyl groups is 3. The van der Waals surface area contributed by atoms with Crippen molar-refractivity contribution in [1.82, 2.24) is 5.32 Å². The van der Waals surface area contributed by atoms with Gasteiger partial charge in [-0.05, 0) is 19.4 Å². The number of ketones is 3. The summed E-state index contributed by atoms with van der Waals surface area (Å²) in [4.78, 5) is 53.5. The molecule has 1 amide bonds. The molecule has 6 N–H and O–H groups in total. The number of rotatable bonds is 17. The van der Waals surface area contributed by atoms with Crippen LogP contribution >= 0.6 is 0 Å². The number of ether oxygens (including phenoxy) is 3. The molecule has 1 fully saturated rings. The normalized spacial score (nSPS) is 25.0. The molecule has 1 aliphatic heterocycles. The van der Waals surface area contributed by atoms with Crippen molar-refractivity contribution in [2.45, 2.75) is 140 Å². The minimum absolute atomic E-state index is 0.0485. The van der Waals surface area contributed by atoms with Gasteiger partial charge in [-0.2, -0.15) is 0 Å². The second-order valence-electron chi connectivity index (χ2n) is 14.6. The maximum absolute atomic E-state index is 13.9. The molecule has 6 atom stereocenters. The fraction of sp³-hybridized carbons (Fsp3) is 0.600. The molecule has 0 saturated carbocycles. The van der Waals surface area contributed by atoms with Gasteiger partial charge in [0, 0.05) is 42.4 Å². The first-order chi connectivity index (χ1) is 25.4. The highest BCUT2D eigenvalue weighted by atomic mass is 16.7. The first-order valence-corrected chi connectivity index (χ1v) is 18.9. The predicted molar refractivity (Wildman–Crippen MR) is 192 cm³/mol. The van der Waals surface area contributed by atoms with E-state index in [4.69, 9.17) is 14.2 Å². The van der Waals surface area contributed by atoms with Gasteiger partial charge in [0.2, 0.25) is 11.7 Å². The molecule has 53 heavy (non-hydrogen) atoms. The number of aliphatic hydroxyl groups excluding tert-OH is 2. The Labute approximate surface area is 309 Å². The van der Waals surface area contributed by atoms with Crippen molar-refractivity contribution in [3.05, 3.63) is 51.6 Å². The Morgan fingerprint density at radius 3 is 2.23 bits per heavy atom. The van der Waals surface area contributed by atoms with E-state index >= 15 is 0 Å². The number of hydrogen-bond acceptors (Lipinski definition) is 12. The van der Waals surface area contributed by atoms with Crippen LogP contribution in [-0.2, 0) is 25.5 Å². The third kappa shape index (κ3) is 8.44. The third-order valence-electron chi connectivity index (χ3n) is 10.9. The van der Waals surface area contributed by atoms with E-state index < -0.39 is 95.7 Å². The van der Waals surface area contributed by atoms with Crippen LogP contribution in [-0.4, -0.2) is 92.6 Å². The molecule has 3 aliphatic rings. The fourth-order valence-electron chi connectivity index (χ4n) is 7.91. The number of amides is 1. The molecule has 0 bridgehead atoms. The van der Waals surface area contributed by atoms with E-state index in [-0.39, 0.29) is 46.8 Å². The summed E-state index contributed by atoms with van der Waals surface area (Å²) in [6, 6.07) is 3.59. The number of benzene rings is 2. The Morgan fingerprint density at radius 1 is 0.943 bits per heavy atom. The molecule has 5 rings (SSSR count). The van der Waals surface area contributed by atoms with Crippen LogP contribution in [0.5, 0.6) is 17.2 Å². The lowest BCUT2D eigenvalue weighted by molar-refractivity contribution is -0.249. The highest BCUT2D eigenvalue weighted by Crippen LogP contribution is 2.52. The summed E-state index contributed by atoms with van der Waals surface area (Å²) in [5.74, 6) is -4.11. The molecule has 2 aliphatic carbocycles. The van der Waals surface area contributed by atoms with E-state index in [2.05, 4.69) is 12.2 Å². The van der Waals surface area contributed by atoms with E-state index in [1.54, 1.807) is 6.92 Å². The van der Waals surface area contributed by atoms with Gasteiger partial charge >= 0.3 is 0 Å². The Balaban J connectivity index is 1.34. The zero-order chi connectivity index (χ0) is 38.4. The van der Waals surface area contributed by atoms with Crippen molar-refractivity contribution >= 4 is 23.3 Å². The molecule has 13 nitrogen and oxygen atoms in total. The van der Waals surface area contributed by atoms with Crippen molar-refractivity contribution in [1.29, 1.82) is 0 Å². The number of fused-ring (bicyclic) bond motifs is 3. The fourth-order valence-corrected chi connectivity index (χ4v) is 7.91. The maximum atomic E-state index is 13.9. The van der Waals surface area contributed by atoms with Gasteiger partial charge in [0.05, 0.1) is 42.0 Å². The summed E-state index contributed by atoms with van der Waals surface area (Å²) < 4.78 is 17.5. The van der Waals surface area contributed by atoms with Crippen molar-refractivity contribution in [3.8, 4) is 17.2 Å². The van der Waals surface area contributed by atoms with Gasteiger partial charge in [-0.1, -0.05) is 76.8 Å². The number of nitrogens with one attached hydrogen (secondary N) is 1. The van der Waals surface area contributed by atoms with Crippen molar-refractivity contribution < 1.29 is 58.9 Å². The molecule has 13 heteroatoms. The van der Waals surface area contributed by atoms with Gasteiger partial charge in [0.25, 0.3) is 0 Å². The minimum atomic E-state index is -2.30. The Kier molecular flexibility index (Phi) is 13.3. The van der Waals surface area contributed by atoms with Gasteiger partial charge in [-0.15, -0.1) is 0 Å². The number of carbonyl (C=O) groups is 4. The standard InChI is InChI=1S/C40H53NO12/c1-4-5-6-7-8-9-10-11-12-13-17-29(44)41-25-18-30(52-22(2)35(25)45)53-27-20-40(50,28(43)21-42)19-24-32(27)39(49)34-33(37(24)47)36(46)23-15-14-16-26(51-3)31(23)38(34)48/h14-16,22,25,27,30,35,42,45,47,49-50H,4-13,17-21H2,1-3H3,(H,41,44)/t22-,25-,27-,30-,35+,40-/m0/s1. The van der Waals surface area contributed by atoms with Gasteiger partial charge < -0.3 is 45.1 Å². The lowest BCUT2D eigenvalue weighted by Gasteiger charge is -2.43. The molecule has 0 aromatic heterocycles. The van der Waals surface area contributed by atoms with Crippen LogP contribution in [0.3, 0.4) is 0 Å². The monoisotopic (exact) mass is 739 g/mol. The van der Waals surface area contributed by atoms with Crippen LogP contribution in [0.2, 0.25) is 0 Å². The first-order valence-electron chi connectivity index (χ1n) is 18.9. The van der Waals surface area contributed by atoms with Gasteiger partial charge in [0.1, 0.15) is 35.6 Å². The number of Topliss-reactive ketones (excluding diaryl/α,β-unsaturated/α-hetero) is 1. The number of phenols is 2. The molecule has 1 heterocycles. The number of aromatic hydroxyl groups is 2. The lowest BCUT2D eigenvalue weighted by Crippen LogP contribution is -2.55. The summed E-state index contributed by atoms with van der Waals surface area (Å²) in [5, 5.41) is 58.4. The Bertz CT molecular complexity index is 1690. The first kappa shape index (κ1) is 40.3. The van der Waals surface area contributed by atoms with Crippen molar-refractivity contribution in [2.75, 3.05) is 13.7 Å². The molecule has 1 saturated heterocycles. The summed E-state index contributed by atoms with van der Waals surface area (Å²) >= 11 is 0. The van der Waals surface area contributed by atoms with Crippen LogP contribution in [0, 0.1) is 0 Å². The van der Waals surface area contributed by atoms with Crippen LogP contribution in [0.1, 0.15) is 146 Å². The average molecular weight is 740 g/mol. The van der Waals surface area contributed by atoms with Crippen LogP contribution in [0.15, 0.2) is 18.2 Å². The molecule has 290 valence electrons. The number of carbonyl (C=O) groups excluding carboxylic acids is 4. The highest BCUT2D eigenvalue weighted by Gasteiger charge is 2.50. The Hall–Kier alpha value is -3.88. The highest BCUT2D eigenvalue weighted by molar-refractivity contribution is 6.31. The Morgan fingerprint density at radius 2 is 1.58 bits per heavy atom. The van der Waals surface area contributed by atoms with Crippen molar-refractivity contribution in [3.63, 3.8) is 0 Å². The largest absolute Gasteiger partial charge is 0.507 e. The van der Waals surface area contributed by atoms with E-state index in [0.29, 0.717) is 6.42 Å². The molecule has 2 aromatic rings. The molecular formula is C40H53NO12. The van der Waals surface area contributed by atoms with E-state index in [1.165, 1.54) is 63.8 Å². The van der Waals surface area contributed by atoms with E-state index in [0.717, 1.165) is 19.3 Å². The topological polar surface area (TPSA) is 209 Å². The summed E-state index contributed by atoms with van der Waals surface area (Å²) in [6.07, 6.45) is 5.93. The predicted octanol–water partition coefficient (Wildman–Crippen LogP) is 4.47. The molecule has 0 spiro atoms. The van der Waals surface area contributed by atoms with Crippen molar-refractivity contribution in [2.24, 2.45) is 0 Å². The quantitative estimate of drug-likeness (QED) is 0.0837. The van der Waals surface area contributed by atoms with Gasteiger partial charge in [-0.25, -0.2) is 0 Å². The van der Waals surface area contributed by atoms with Crippen LogP contribution in [0.25, 0.3) is 0 Å². The number of phenolic OH excluding ortho intramolecular Hbond substituents is 2. The zero-order valence-corrected chi connectivity index (χ0v) is 30.8. The minimum Gasteiger partial charge on any atom is -0.507 e. The number of methoxy groups -OCH3 is 1. The number of unbranched alkanes of at least 4 members (excludes halogenated alkanes) is 9. The second-order valence-corrected chi connectivity index (χ2v) is 14.6. The molecule has 0 radical (unpaired) electrons. The summed E-state index contributed by atoms with van der Waals surface area (Å²) in [7, 11) is 1.33. The van der Waals surface area contributed by atoms with Gasteiger partial charge in [-0.3, -0.25) is 19.2 Å². The average Bonchev–Trinajstić information content (AvgIpc) is 3.13. The smallest absolute Gasteiger partial charge is 0.220 e. The SMILES string of the molecule is CCCCCCCCCCCCC(=O)N[C@H]1C[C@H](O[C@H]2C[C@](O)(C(=O)CO)Cc3c(O)c4c(c(O)c32)C(=O)c2c(OC)cccc2C4=O)O[C@@H](C)[C@H]1O. The third-order valence-corrected chi connectivity index (χ3v) is 10.9. The van der Waals surface area contributed by atoms with Crippen LogP contribution < -0.4 is 10.1 Å². The van der Waals surface area contributed by atoms with E-state index in [1.807, 2.05) is 0 Å². The second kappa shape index (κ2) is 17.5. The van der Waals surface area contributed by atoms with Crippen LogP contribution in [0.4, 0.5) is 0 Å². The summed E-state index contributed by atoms with van der Waals surface area (Å²) in [6.45, 7) is 2.75. The summed E-state index contributed by atoms with van der Waals surface area (Å²) in [5.41, 5.74) is -3.79. The molecular weight excluding hydrogens is 686 g/mol. The zero-order valence-electron chi connectivity index (χ0n) is 30.8. The number of hydrogen-bond donors (Lipinski definition) is 6. The molecule has 0 unspecified atom stereocenters. The van der Waals surface area contributed by atoms with E-state index in [9.17, 15) is 44.7 Å². The maximum Gasteiger partial charge on any atom is 0.220 e. The van der Waals surface area contributed by atoms with Gasteiger partial charge in [0.15, 0.2) is 17.9 Å². The molecule has 2 aromatic carbocycles. The lowest BCUT2D eigenvalue weighted by atomic mass is 9.72.